The van der Waals surface area contributed by atoms with E-state index in [2.05, 4.69) is 10.2 Å². The Labute approximate surface area is 153 Å². The Kier molecular flexibility index (Phi) is 6.31. The van der Waals surface area contributed by atoms with Gasteiger partial charge in [0.2, 0.25) is 0 Å². The lowest BCUT2D eigenvalue weighted by atomic mass is 10.1. The van der Waals surface area contributed by atoms with Gasteiger partial charge in [-0.25, -0.2) is 0 Å². The molecule has 1 aliphatic rings. The number of rotatable bonds is 6. The van der Waals surface area contributed by atoms with E-state index in [4.69, 9.17) is 16.3 Å². The molecule has 0 atom stereocenters. The van der Waals surface area contributed by atoms with Gasteiger partial charge in [-0.05, 0) is 36.6 Å². The Morgan fingerprint density at radius 2 is 1.80 bits per heavy atom. The molecule has 0 spiro atoms. The highest BCUT2D eigenvalue weighted by Gasteiger charge is 2.18. The second kappa shape index (κ2) is 8.88. The first-order chi connectivity index (χ1) is 12.3. The molecule has 2 aromatic rings. The SMILES string of the molecule is O=C(NCCCc1ccccc1Cl)c1ccccc1N1CCOCC1. The molecule has 0 saturated carbocycles. The molecule has 5 heteroatoms. The number of benzene rings is 2. The van der Waals surface area contributed by atoms with Crippen LogP contribution in [0.3, 0.4) is 0 Å². The highest BCUT2D eigenvalue weighted by atomic mass is 35.5. The Hall–Kier alpha value is -2.04. The number of aryl methyl sites for hydroxylation is 1. The number of halogens is 1. The first kappa shape index (κ1) is 17.8. The van der Waals surface area contributed by atoms with Crippen LogP contribution in [0.15, 0.2) is 48.5 Å². The van der Waals surface area contributed by atoms with Crippen LogP contribution < -0.4 is 10.2 Å². The zero-order valence-electron chi connectivity index (χ0n) is 14.2. The third-order valence-electron chi connectivity index (χ3n) is 4.37. The first-order valence-electron chi connectivity index (χ1n) is 8.69. The maximum atomic E-state index is 12.6. The normalized spacial score (nSPS) is 14.4. The minimum Gasteiger partial charge on any atom is -0.378 e. The number of nitrogens with zero attached hydrogens (tertiary/aromatic N) is 1. The second-order valence-corrected chi connectivity index (χ2v) is 6.47. The van der Waals surface area contributed by atoms with Crippen molar-refractivity contribution in [3.8, 4) is 0 Å². The topological polar surface area (TPSA) is 41.6 Å². The van der Waals surface area contributed by atoms with E-state index in [1.54, 1.807) is 0 Å². The lowest BCUT2D eigenvalue weighted by Crippen LogP contribution is -2.38. The molecule has 132 valence electrons. The Morgan fingerprint density at radius 3 is 2.60 bits per heavy atom. The molecule has 0 aromatic heterocycles. The van der Waals surface area contributed by atoms with Crippen LogP contribution in [0.25, 0.3) is 0 Å². The van der Waals surface area contributed by atoms with Gasteiger partial charge in [-0.3, -0.25) is 4.79 Å². The summed E-state index contributed by atoms with van der Waals surface area (Å²) in [7, 11) is 0. The molecule has 3 rings (SSSR count). The molecular formula is C20H23ClN2O2. The summed E-state index contributed by atoms with van der Waals surface area (Å²) >= 11 is 6.17. The highest BCUT2D eigenvalue weighted by molar-refractivity contribution is 6.31. The van der Waals surface area contributed by atoms with E-state index in [-0.39, 0.29) is 5.91 Å². The van der Waals surface area contributed by atoms with E-state index >= 15 is 0 Å². The number of hydrogen-bond acceptors (Lipinski definition) is 3. The van der Waals surface area contributed by atoms with Gasteiger partial charge in [0, 0.05) is 30.3 Å². The molecule has 1 saturated heterocycles. The number of morpholine rings is 1. The van der Waals surface area contributed by atoms with Crippen molar-refractivity contribution in [3.63, 3.8) is 0 Å². The van der Waals surface area contributed by atoms with Gasteiger partial charge >= 0.3 is 0 Å². The fourth-order valence-electron chi connectivity index (χ4n) is 3.02. The van der Waals surface area contributed by atoms with Gasteiger partial charge in [-0.15, -0.1) is 0 Å². The van der Waals surface area contributed by atoms with E-state index in [1.165, 1.54) is 0 Å². The fraction of sp³-hybridized carbons (Fsp3) is 0.350. The maximum absolute atomic E-state index is 12.6. The number of nitrogens with one attached hydrogen (secondary N) is 1. The number of para-hydroxylation sites is 1. The Bertz CT molecular complexity index is 714. The zero-order valence-corrected chi connectivity index (χ0v) is 15.0. The third kappa shape index (κ3) is 4.74. The van der Waals surface area contributed by atoms with Crippen LogP contribution in [0.2, 0.25) is 5.02 Å². The largest absolute Gasteiger partial charge is 0.378 e. The molecule has 4 nitrogen and oxygen atoms in total. The minimum absolute atomic E-state index is 0.0266. The number of carbonyl (C=O) groups is 1. The van der Waals surface area contributed by atoms with Crippen LogP contribution in [0.1, 0.15) is 22.3 Å². The van der Waals surface area contributed by atoms with Crippen molar-refractivity contribution in [1.29, 1.82) is 0 Å². The van der Waals surface area contributed by atoms with E-state index < -0.39 is 0 Å². The van der Waals surface area contributed by atoms with E-state index in [1.807, 2.05) is 48.5 Å². The van der Waals surface area contributed by atoms with Crippen LogP contribution >= 0.6 is 11.6 Å². The van der Waals surface area contributed by atoms with Crippen LogP contribution in [0.4, 0.5) is 5.69 Å². The summed E-state index contributed by atoms with van der Waals surface area (Å²) in [5.41, 5.74) is 2.82. The monoisotopic (exact) mass is 358 g/mol. The predicted molar refractivity (Wildman–Crippen MR) is 102 cm³/mol. The molecule has 1 amide bonds. The number of carbonyl (C=O) groups excluding carboxylic acids is 1. The number of amides is 1. The Morgan fingerprint density at radius 1 is 1.08 bits per heavy atom. The predicted octanol–water partition coefficient (Wildman–Crippen LogP) is 3.54. The first-order valence-corrected chi connectivity index (χ1v) is 9.07. The van der Waals surface area contributed by atoms with E-state index in [0.29, 0.717) is 19.8 Å². The van der Waals surface area contributed by atoms with Crippen molar-refractivity contribution in [1.82, 2.24) is 5.32 Å². The molecule has 1 heterocycles. The van der Waals surface area contributed by atoms with Gasteiger partial charge in [0.15, 0.2) is 0 Å². The van der Waals surface area contributed by atoms with Crippen molar-refractivity contribution in [3.05, 3.63) is 64.7 Å². The van der Waals surface area contributed by atoms with Crippen molar-refractivity contribution in [2.75, 3.05) is 37.7 Å². The quantitative estimate of drug-likeness (QED) is 0.803. The van der Waals surface area contributed by atoms with Crippen LogP contribution in [-0.2, 0) is 11.2 Å². The van der Waals surface area contributed by atoms with Crippen molar-refractivity contribution in [2.24, 2.45) is 0 Å². The molecule has 0 bridgehead atoms. The summed E-state index contributed by atoms with van der Waals surface area (Å²) in [5, 5.41) is 3.81. The second-order valence-electron chi connectivity index (χ2n) is 6.07. The molecule has 1 N–H and O–H groups in total. The fourth-order valence-corrected chi connectivity index (χ4v) is 3.25. The van der Waals surface area contributed by atoms with Crippen molar-refractivity contribution < 1.29 is 9.53 Å². The average molecular weight is 359 g/mol. The van der Waals surface area contributed by atoms with Gasteiger partial charge in [-0.1, -0.05) is 41.9 Å². The maximum Gasteiger partial charge on any atom is 0.253 e. The van der Waals surface area contributed by atoms with Gasteiger partial charge in [0.1, 0.15) is 0 Å². The zero-order chi connectivity index (χ0) is 17.5. The minimum atomic E-state index is -0.0266. The molecule has 0 unspecified atom stereocenters. The third-order valence-corrected chi connectivity index (χ3v) is 4.74. The summed E-state index contributed by atoms with van der Waals surface area (Å²) in [5.74, 6) is -0.0266. The molecule has 2 aromatic carbocycles. The van der Waals surface area contributed by atoms with Crippen LogP contribution in [0.5, 0.6) is 0 Å². The van der Waals surface area contributed by atoms with Crippen molar-refractivity contribution in [2.45, 2.75) is 12.8 Å². The molecule has 0 aliphatic carbocycles. The summed E-state index contributed by atoms with van der Waals surface area (Å²) in [6, 6.07) is 15.6. The lowest BCUT2D eigenvalue weighted by molar-refractivity contribution is 0.0951. The number of anilines is 1. The smallest absolute Gasteiger partial charge is 0.253 e. The van der Waals surface area contributed by atoms with Gasteiger partial charge in [0.05, 0.1) is 18.8 Å². The number of hydrogen-bond donors (Lipinski definition) is 1. The highest BCUT2D eigenvalue weighted by Crippen LogP contribution is 2.21. The summed E-state index contributed by atoms with van der Waals surface area (Å²) in [6.45, 7) is 3.66. The van der Waals surface area contributed by atoms with E-state index in [9.17, 15) is 4.79 Å². The standard InChI is InChI=1S/C20H23ClN2O2/c21-18-9-3-1-6-16(18)7-5-11-22-20(24)17-8-2-4-10-19(17)23-12-14-25-15-13-23/h1-4,6,8-10H,5,7,11-15H2,(H,22,24). The molecule has 1 aliphatic heterocycles. The van der Waals surface area contributed by atoms with Crippen molar-refractivity contribution >= 4 is 23.2 Å². The van der Waals surface area contributed by atoms with Gasteiger partial charge in [0.25, 0.3) is 5.91 Å². The number of ether oxygens (including phenoxy) is 1. The van der Waals surface area contributed by atoms with Crippen LogP contribution in [-0.4, -0.2) is 38.8 Å². The average Bonchev–Trinajstić information content (AvgIpc) is 2.67. The van der Waals surface area contributed by atoms with E-state index in [0.717, 1.165) is 47.8 Å². The summed E-state index contributed by atoms with van der Waals surface area (Å²) < 4.78 is 5.40. The lowest BCUT2D eigenvalue weighted by Gasteiger charge is -2.30. The van der Waals surface area contributed by atoms with Crippen LogP contribution in [0, 0.1) is 0 Å². The molecule has 1 fully saturated rings. The molecule has 0 radical (unpaired) electrons. The Balaban J connectivity index is 1.55. The molecular weight excluding hydrogens is 336 g/mol. The van der Waals surface area contributed by atoms with Gasteiger partial charge < -0.3 is 15.0 Å². The van der Waals surface area contributed by atoms with Gasteiger partial charge in [-0.2, -0.15) is 0 Å². The summed E-state index contributed by atoms with van der Waals surface area (Å²) in [6.07, 6.45) is 1.71. The summed E-state index contributed by atoms with van der Waals surface area (Å²) in [4.78, 5) is 14.8. The molecule has 25 heavy (non-hydrogen) atoms.